The second-order valence-electron chi connectivity index (χ2n) is 3.94. The third-order valence-electron chi connectivity index (χ3n) is 2.87. The summed E-state index contributed by atoms with van der Waals surface area (Å²) in [6.45, 7) is 5.36. The zero-order chi connectivity index (χ0) is 10.7. The quantitative estimate of drug-likeness (QED) is 0.849. The summed E-state index contributed by atoms with van der Waals surface area (Å²) >= 11 is 6.17. The normalized spacial score (nSPS) is 20.9. The van der Waals surface area contributed by atoms with Crippen molar-refractivity contribution < 1.29 is 0 Å². The second kappa shape index (κ2) is 4.86. The second-order valence-corrected chi connectivity index (χ2v) is 4.35. The Morgan fingerprint density at radius 2 is 2.27 bits per heavy atom. The van der Waals surface area contributed by atoms with Gasteiger partial charge in [-0.15, -0.1) is 0 Å². The maximum atomic E-state index is 6.17. The van der Waals surface area contributed by atoms with Crippen LogP contribution >= 0.6 is 11.6 Å². The van der Waals surface area contributed by atoms with Gasteiger partial charge in [0.1, 0.15) is 0 Å². The van der Waals surface area contributed by atoms with Crippen molar-refractivity contribution in [3.63, 3.8) is 0 Å². The maximum Gasteiger partial charge on any atom is 0.0639 e. The summed E-state index contributed by atoms with van der Waals surface area (Å²) in [6.07, 6.45) is 1.21. The van der Waals surface area contributed by atoms with Crippen LogP contribution in [0.4, 0.5) is 5.69 Å². The number of rotatable bonds is 3. The number of anilines is 1. The zero-order valence-corrected chi connectivity index (χ0v) is 9.80. The summed E-state index contributed by atoms with van der Waals surface area (Å²) in [5, 5.41) is 4.34. The van der Waals surface area contributed by atoms with E-state index in [-0.39, 0.29) is 0 Å². The average molecular weight is 225 g/mol. The maximum absolute atomic E-state index is 6.17. The minimum absolute atomic E-state index is 0.617. The van der Waals surface area contributed by atoms with Crippen molar-refractivity contribution in [1.82, 2.24) is 5.32 Å². The van der Waals surface area contributed by atoms with E-state index in [9.17, 15) is 0 Å². The third kappa shape index (κ3) is 2.44. The molecule has 1 fully saturated rings. The number of nitrogens with one attached hydrogen (secondary N) is 1. The van der Waals surface area contributed by atoms with Crippen LogP contribution in [0.3, 0.4) is 0 Å². The number of halogens is 1. The Kier molecular flexibility index (Phi) is 3.49. The Balaban J connectivity index is 2.04. The topological polar surface area (TPSA) is 15.3 Å². The first kappa shape index (κ1) is 10.8. The molecule has 2 nitrogen and oxygen atoms in total. The molecular formula is C12H17ClN2. The van der Waals surface area contributed by atoms with E-state index in [0.717, 1.165) is 24.7 Å². The molecule has 0 spiro atoms. The van der Waals surface area contributed by atoms with Crippen molar-refractivity contribution in [2.24, 2.45) is 0 Å². The molecule has 0 saturated carbocycles. The van der Waals surface area contributed by atoms with Gasteiger partial charge in [-0.1, -0.05) is 30.7 Å². The standard InChI is InChI=1S/C12H17ClN2/c1-2-14-10-7-8-15(9-10)12-6-4-3-5-11(12)13/h3-6,10,14H,2,7-9H2,1H3. The Morgan fingerprint density at radius 3 is 3.00 bits per heavy atom. The van der Waals surface area contributed by atoms with Gasteiger partial charge >= 0.3 is 0 Å². The van der Waals surface area contributed by atoms with E-state index in [1.54, 1.807) is 0 Å². The number of hydrogen-bond acceptors (Lipinski definition) is 2. The summed E-state index contributed by atoms with van der Waals surface area (Å²) in [4.78, 5) is 2.36. The number of likely N-dealkylation sites (N-methyl/N-ethyl adjacent to an activating group) is 1. The molecule has 1 heterocycles. The van der Waals surface area contributed by atoms with Gasteiger partial charge in [0.05, 0.1) is 10.7 Å². The molecule has 82 valence electrons. The summed E-state index contributed by atoms with van der Waals surface area (Å²) in [6, 6.07) is 8.69. The van der Waals surface area contributed by atoms with Gasteiger partial charge < -0.3 is 10.2 Å². The molecule has 1 aromatic carbocycles. The highest BCUT2D eigenvalue weighted by atomic mass is 35.5. The average Bonchev–Trinajstić information content (AvgIpc) is 2.68. The fourth-order valence-electron chi connectivity index (χ4n) is 2.14. The summed E-state index contributed by atoms with van der Waals surface area (Å²) in [5.41, 5.74) is 1.17. The molecule has 0 aliphatic carbocycles. The molecule has 0 radical (unpaired) electrons. The van der Waals surface area contributed by atoms with Crippen LogP contribution in [0.5, 0.6) is 0 Å². The summed E-state index contributed by atoms with van der Waals surface area (Å²) in [7, 11) is 0. The first-order chi connectivity index (χ1) is 7.31. The van der Waals surface area contributed by atoms with Gasteiger partial charge in [0, 0.05) is 19.1 Å². The van der Waals surface area contributed by atoms with Crippen molar-refractivity contribution in [1.29, 1.82) is 0 Å². The van der Waals surface area contributed by atoms with Crippen molar-refractivity contribution in [2.75, 3.05) is 24.5 Å². The minimum Gasteiger partial charge on any atom is -0.369 e. The van der Waals surface area contributed by atoms with Crippen molar-refractivity contribution in [3.8, 4) is 0 Å². The van der Waals surface area contributed by atoms with Crippen LogP contribution in [0.25, 0.3) is 0 Å². The lowest BCUT2D eigenvalue weighted by atomic mass is 10.2. The van der Waals surface area contributed by atoms with Crippen LogP contribution < -0.4 is 10.2 Å². The predicted octanol–water partition coefficient (Wildman–Crippen LogP) is 2.53. The summed E-state index contributed by atoms with van der Waals surface area (Å²) in [5.74, 6) is 0. The highest BCUT2D eigenvalue weighted by Crippen LogP contribution is 2.28. The van der Waals surface area contributed by atoms with E-state index in [4.69, 9.17) is 11.6 Å². The van der Waals surface area contributed by atoms with E-state index in [1.807, 2.05) is 18.2 Å². The monoisotopic (exact) mass is 224 g/mol. The SMILES string of the molecule is CCNC1CCN(c2ccccc2Cl)C1. The molecule has 15 heavy (non-hydrogen) atoms. The van der Waals surface area contributed by atoms with Crippen LogP contribution in [-0.2, 0) is 0 Å². The van der Waals surface area contributed by atoms with E-state index in [0.29, 0.717) is 6.04 Å². The van der Waals surface area contributed by atoms with Crippen molar-refractivity contribution in [3.05, 3.63) is 29.3 Å². The molecular weight excluding hydrogens is 208 g/mol. The number of para-hydroxylation sites is 1. The molecule has 1 saturated heterocycles. The zero-order valence-electron chi connectivity index (χ0n) is 9.04. The molecule has 3 heteroatoms. The van der Waals surface area contributed by atoms with Crippen LogP contribution in [0.1, 0.15) is 13.3 Å². The fourth-order valence-corrected chi connectivity index (χ4v) is 2.40. The van der Waals surface area contributed by atoms with Gasteiger partial charge in [-0.2, -0.15) is 0 Å². The van der Waals surface area contributed by atoms with Gasteiger partial charge in [-0.05, 0) is 25.1 Å². The first-order valence-electron chi connectivity index (χ1n) is 5.54. The van der Waals surface area contributed by atoms with E-state index >= 15 is 0 Å². The molecule has 2 rings (SSSR count). The Bertz CT molecular complexity index is 327. The molecule has 0 amide bonds. The van der Waals surface area contributed by atoms with Gasteiger partial charge in [-0.3, -0.25) is 0 Å². The molecule has 1 aliphatic rings. The van der Waals surface area contributed by atoms with Gasteiger partial charge in [-0.25, -0.2) is 0 Å². The molecule has 1 aromatic rings. The third-order valence-corrected chi connectivity index (χ3v) is 3.19. The molecule has 1 N–H and O–H groups in total. The van der Waals surface area contributed by atoms with E-state index in [2.05, 4.69) is 23.2 Å². The molecule has 1 aliphatic heterocycles. The van der Waals surface area contributed by atoms with E-state index < -0.39 is 0 Å². The van der Waals surface area contributed by atoms with Crippen LogP contribution in [0, 0.1) is 0 Å². The van der Waals surface area contributed by atoms with Gasteiger partial charge in [0.25, 0.3) is 0 Å². The van der Waals surface area contributed by atoms with Crippen LogP contribution in [0.15, 0.2) is 24.3 Å². The molecule has 1 atom stereocenters. The van der Waals surface area contributed by atoms with Gasteiger partial charge in [0.15, 0.2) is 0 Å². The summed E-state index contributed by atoms with van der Waals surface area (Å²) < 4.78 is 0. The predicted molar refractivity (Wildman–Crippen MR) is 65.7 cm³/mol. The number of nitrogens with zero attached hydrogens (tertiary/aromatic N) is 1. The molecule has 0 bridgehead atoms. The Morgan fingerprint density at radius 1 is 1.47 bits per heavy atom. The largest absolute Gasteiger partial charge is 0.369 e. The Labute approximate surface area is 96.2 Å². The highest BCUT2D eigenvalue weighted by molar-refractivity contribution is 6.33. The van der Waals surface area contributed by atoms with Crippen molar-refractivity contribution in [2.45, 2.75) is 19.4 Å². The number of benzene rings is 1. The number of hydrogen-bond donors (Lipinski definition) is 1. The van der Waals surface area contributed by atoms with Crippen LogP contribution in [0.2, 0.25) is 5.02 Å². The molecule has 1 unspecified atom stereocenters. The van der Waals surface area contributed by atoms with E-state index in [1.165, 1.54) is 12.1 Å². The fraction of sp³-hybridized carbons (Fsp3) is 0.500. The highest BCUT2D eigenvalue weighted by Gasteiger charge is 2.22. The van der Waals surface area contributed by atoms with Crippen LogP contribution in [-0.4, -0.2) is 25.7 Å². The molecule has 0 aromatic heterocycles. The first-order valence-corrected chi connectivity index (χ1v) is 5.92. The lowest BCUT2D eigenvalue weighted by Crippen LogP contribution is -2.32. The lowest BCUT2D eigenvalue weighted by Gasteiger charge is -2.20. The minimum atomic E-state index is 0.617. The lowest BCUT2D eigenvalue weighted by molar-refractivity contribution is 0.572. The smallest absolute Gasteiger partial charge is 0.0639 e. The van der Waals surface area contributed by atoms with Crippen molar-refractivity contribution >= 4 is 17.3 Å². The van der Waals surface area contributed by atoms with Gasteiger partial charge in [0.2, 0.25) is 0 Å². The Hall–Kier alpha value is -0.730.